The smallest absolute Gasteiger partial charge is 0.295 e. The number of hydrogen-bond acceptors (Lipinski definition) is 5. The van der Waals surface area contributed by atoms with Crippen LogP contribution < -0.4 is 0 Å². The van der Waals surface area contributed by atoms with Crippen molar-refractivity contribution >= 4 is 26.5 Å². The summed E-state index contributed by atoms with van der Waals surface area (Å²) in [5.74, 6) is 0. The highest BCUT2D eigenvalue weighted by molar-refractivity contribution is 7.86. The molecule has 0 spiro atoms. The summed E-state index contributed by atoms with van der Waals surface area (Å²) in [7, 11) is -10.3. The fraction of sp³-hybridized carbons (Fsp3) is 0.364. The standard InChI is InChI=1S/C11H15NO7S2/c1-11(2,3)12(13)7-8-4-5-9(20(14,15)16)6-10(8)21(17,18)19/h4-7H,1-3H3,(H,14,15,16)(H,17,18,19)/b12-7-/i1D3,2D3,3D3. The van der Waals surface area contributed by atoms with Crippen molar-refractivity contribution in [3.05, 3.63) is 29.0 Å². The Morgan fingerprint density at radius 1 is 1.19 bits per heavy atom. The van der Waals surface area contributed by atoms with Crippen molar-refractivity contribution < 1.29 is 43.0 Å². The number of rotatable bonds is 3. The van der Waals surface area contributed by atoms with Gasteiger partial charge in [-0.3, -0.25) is 9.11 Å². The van der Waals surface area contributed by atoms with Gasteiger partial charge in [-0.15, -0.1) is 0 Å². The van der Waals surface area contributed by atoms with E-state index in [2.05, 4.69) is 0 Å². The van der Waals surface area contributed by atoms with Crippen molar-refractivity contribution in [2.45, 2.75) is 35.9 Å². The molecule has 0 saturated heterocycles. The molecule has 0 heterocycles. The van der Waals surface area contributed by atoms with Crippen LogP contribution in [-0.4, -0.2) is 42.4 Å². The highest BCUT2D eigenvalue weighted by Gasteiger charge is 2.23. The van der Waals surface area contributed by atoms with Gasteiger partial charge in [-0.25, -0.2) is 4.74 Å². The lowest BCUT2D eigenvalue weighted by molar-refractivity contribution is -0.530. The maximum atomic E-state index is 12.7. The summed E-state index contributed by atoms with van der Waals surface area (Å²) in [5, 5.41) is 12.7. The van der Waals surface area contributed by atoms with E-state index in [1.807, 2.05) is 0 Å². The minimum absolute atomic E-state index is 0.0258. The minimum Gasteiger partial charge on any atom is -0.623 e. The molecule has 8 nitrogen and oxygen atoms in total. The molecule has 0 aliphatic carbocycles. The van der Waals surface area contributed by atoms with Gasteiger partial charge in [0.25, 0.3) is 20.2 Å². The number of nitrogens with zero attached hydrogens (tertiary/aromatic N) is 1. The normalized spacial score (nSPS) is 22.4. The SMILES string of the molecule is [2H]C([2H])([2H])C(/[N+]([O-])=C/c1ccc(S(=O)(=O)O)cc1S(=O)(=O)O)(C([2H])([2H])[2H])C([2H])([2H])[2H]. The summed E-state index contributed by atoms with van der Waals surface area (Å²) in [4.78, 5) is -2.38. The van der Waals surface area contributed by atoms with Crippen LogP contribution >= 0.6 is 0 Å². The maximum absolute atomic E-state index is 12.7. The molecule has 0 unspecified atom stereocenters. The van der Waals surface area contributed by atoms with Gasteiger partial charge in [0, 0.05) is 32.9 Å². The van der Waals surface area contributed by atoms with Gasteiger partial charge in [0.05, 0.1) is 10.5 Å². The van der Waals surface area contributed by atoms with E-state index in [0.29, 0.717) is 12.1 Å². The van der Waals surface area contributed by atoms with Crippen LogP contribution in [0.15, 0.2) is 28.0 Å². The molecule has 21 heavy (non-hydrogen) atoms. The highest BCUT2D eigenvalue weighted by atomic mass is 32.2. The Labute approximate surface area is 135 Å². The van der Waals surface area contributed by atoms with Crippen molar-refractivity contribution in [2.24, 2.45) is 0 Å². The van der Waals surface area contributed by atoms with Crippen LogP contribution in [0, 0.1) is 5.21 Å². The van der Waals surface area contributed by atoms with Gasteiger partial charge in [-0.05, 0) is 18.2 Å². The Kier molecular flexibility index (Phi) is 2.10. The third-order valence-corrected chi connectivity index (χ3v) is 3.91. The number of hydrogen-bond donors (Lipinski definition) is 2. The van der Waals surface area contributed by atoms with E-state index < -0.39 is 66.4 Å². The second-order valence-electron chi connectivity index (χ2n) is 3.82. The largest absolute Gasteiger partial charge is 0.623 e. The Hall–Kier alpha value is -1.49. The first-order valence-corrected chi connectivity index (χ1v) is 7.76. The zero-order valence-corrected chi connectivity index (χ0v) is 11.6. The molecule has 10 heteroatoms. The van der Waals surface area contributed by atoms with E-state index >= 15 is 0 Å². The molecule has 118 valence electrons. The van der Waals surface area contributed by atoms with Crippen LogP contribution in [0.5, 0.6) is 0 Å². The molecule has 2 N–H and O–H groups in total. The lowest BCUT2D eigenvalue weighted by atomic mass is 10.1. The van der Waals surface area contributed by atoms with Gasteiger partial charge >= 0.3 is 0 Å². The van der Waals surface area contributed by atoms with E-state index in [4.69, 9.17) is 16.9 Å². The second-order valence-corrected chi connectivity index (χ2v) is 6.63. The molecule has 0 bridgehead atoms. The molecular formula is C11H15NO7S2. The fourth-order valence-corrected chi connectivity index (χ4v) is 2.50. The third kappa shape index (κ3) is 4.49. The predicted molar refractivity (Wildman–Crippen MR) is 74.6 cm³/mol. The van der Waals surface area contributed by atoms with Crippen LogP contribution in [0.1, 0.15) is 38.5 Å². The molecule has 0 radical (unpaired) electrons. The molecule has 0 aromatic heterocycles. The molecule has 0 fully saturated rings. The van der Waals surface area contributed by atoms with Crippen LogP contribution in [0.25, 0.3) is 0 Å². The van der Waals surface area contributed by atoms with E-state index in [1.54, 1.807) is 0 Å². The zero-order valence-electron chi connectivity index (χ0n) is 19.0. The molecular weight excluding hydrogens is 322 g/mol. The number of benzene rings is 1. The van der Waals surface area contributed by atoms with Crippen LogP contribution in [0.3, 0.4) is 0 Å². The van der Waals surface area contributed by atoms with Gasteiger partial charge in [-0.1, -0.05) is 0 Å². The highest BCUT2D eigenvalue weighted by Crippen LogP contribution is 2.20. The first-order valence-electron chi connectivity index (χ1n) is 9.38. The Balaban J connectivity index is 4.06. The summed E-state index contributed by atoms with van der Waals surface area (Å²) in [6, 6.07) is 1.26. The Bertz CT molecular complexity index is 1030. The van der Waals surface area contributed by atoms with Gasteiger partial charge in [0.1, 0.15) is 4.90 Å². The van der Waals surface area contributed by atoms with Crippen LogP contribution in [-0.2, 0) is 20.2 Å². The molecule has 0 atom stereocenters. The summed E-state index contributed by atoms with van der Waals surface area (Å²) >= 11 is 0. The predicted octanol–water partition coefficient (Wildman–Crippen LogP) is 0.908. The number of hydroxylamine groups is 1. The van der Waals surface area contributed by atoms with Gasteiger partial charge in [0.2, 0.25) is 0 Å². The van der Waals surface area contributed by atoms with Crippen molar-refractivity contribution in [2.75, 3.05) is 0 Å². The molecule has 0 saturated carbocycles. The van der Waals surface area contributed by atoms with E-state index in [0.717, 1.165) is 0 Å². The van der Waals surface area contributed by atoms with Crippen molar-refractivity contribution in [1.82, 2.24) is 0 Å². The average Bonchev–Trinajstić information content (AvgIpc) is 2.40. The summed E-state index contributed by atoms with van der Waals surface area (Å²) in [6.45, 7) is -11.9. The first kappa shape index (κ1) is 8.22. The molecule has 1 aromatic rings. The summed E-state index contributed by atoms with van der Waals surface area (Å²) in [6.07, 6.45) is -0.0258. The van der Waals surface area contributed by atoms with E-state index in [9.17, 15) is 26.6 Å². The maximum Gasteiger partial charge on any atom is 0.295 e. The Morgan fingerprint density at radius 2 is 1.76 bits per heavy atom. The topological polar surface area (TPSA) is 135 Å². The fourth-order valence-electron chi connectivity index (χ4n) is 1.23. The van der Waals surface area contributed by atoms with Crippen molar-refractivity contribution in [3.63, 3.8) is 0 Å². The van der Waals surface area contributed by atoms with E-state index in [1.165, 1.54) is 0 Å². The first-order chi connectivity index (χ1) is 13.0. The lowest BCUT2D eigenvalue weighted by Crippen LogP contribution is -2.29. The van der Waals surface area contributed by atoms with Crippen molar-refractivity contribution in [3.8, 4) is 0 Å². The molecule has 0 amide bonds. The monoisotopic (exact) mass is 346 g/mol. The summed E-state index contributed by atoms with van der Waals surface area (Å²) in [5.41, 5.74) is -4.99. The second kappa shape index (κ2) is 5.37. The van der Waals surface area contributed by atoms with Gasteiger partial charge < -0.3 is 5.21 Å². The van der Waals surface area contributed by atoms with E-state index in [-0.39, 0.29) is 12.3 Å². The van der Waals surface area contributed by atoms with Crippen LogP contribution in [0.4, 0.5) is 0 Å². The van der Waals surface area contributed by atoms with Crippen LogP contribution in [0.2, 0.25) is 0 Å². The van der Waals surface area contributed by atoms with Crippen molar-refractivity contribution in [1.29, 1.82) is 0 Å². The Morgan fingerprint density at radius 3 is 2.19 bits per heavy atom. The third-order valence-electron chi connectivity index (χ3n) is 2.15. The van der Waals surface area contributed by atoms with Gasteiger partial charge in [0.15, 0.2) is 11.8 Å². The quantitative estimate of drug-likeness (QED) is 0.273. The lowest BCUT2D eigenvalue weighted by Gasteiger charge is -2.19. The minimum atomic E-state index is -5.31. The summed E-state index contributed by atoms with van der Waals surface area (Å²) < 4.78 is 129. The average molecular weight is 346 g/mol. The zero-order chi connectivity index (χ0) is 24.1. The molecule has 1 rings (SSSR count). The molecule has 0 aliphatic heterocycles. The molecule has 1 aromatic carbocycles. The van der Waals surface area contributed by atoms with Gasteiger partial charge in [-0.2, -0.15) is 16.8 Å². The molecule has 0 aliphatic rings.